The highest BCUT2D eigenvalue weighted by atomic mass is 16.5. The van der Waals surface area contributed by atoms with Crippen molar-refractivity contribution in [1.82, 2.24) is 0 Å². The van der Waals surface area contributed by atoms with E-state index in [1.807, 2.05) is 6.92 Å². The molecule has 1 atom stereocenters. The predicted octanol–water partition coefficient (Wildman–Crippen LogP) is 0.391. The quantitative estimate of drug-likeness (QED) is 0.538. The van der Waals surface area contributed by atoms with Crippen LogP contribution in [0.1, 0.15) is 19.8 Å². The molecule has 0 fully saturated rings. The van der Waals surface area contributed by atoms with Gasteiger partial charge in [0, 0.05) is 13.0 Å². The van der Waals surface area contributed by atoms with Gasteiger partial charge in [0.15, 0.2) is 0 Å². The number of rotatable bonds is 6. The summed E-state index contributed by atoms with van der Waals surface area (Å²) in [6, 6.07) is 0. The van der Waals surface area contributed by atoms with Crippen LogP contribution in [0.4, 0.5) is 0 Å². The topological polar surface area (TPSA) is 43.4 Å². The molecule has 0 spiro atoms. The first kappa shape index (κ1) is 9.30. The van der Waals surface area contributed by atoms with Crippen molar-refractivity contribution in [3.63, 3.8) is 0 Å². The number of ether oxygens (including phenoxy) is 1. The van der Waals surface area contributed by atoms with Gasteiger partial charge in [-0.05, 0) is 6.42 Å². The second-order valence-corrected chi connectivity index (χ2v) is 1.83. The van der Waals surface area contributed by atoms with Crippen molar-refractivity contribution in [2.24, 2.45) is 0 Å². The molecule has 0 aliphatic heterocycles. The minimum Gasteiger partial charge on any atom is -0.369 e. The molecular formula is C7H10O3. The standard InChI is InChI=1S/C7H10O3/c1-2-5-10-7(6-9)3-4-8/h7H,2-3,5H2,1H3. The lowest BCUT2D eigenvalue weighted by Crippen LogP contribution is -2.15. The highest BCUT2D eigenvalue weighted by Crippen LogP contribution is 1.92. The van der Waals surface area contributed by atoms with E-state index in [0.717, 1.165) is 6.42 Å². The zero-order chi connectivity index (χ0) is 7.82. The van der Waals surface area contributed by atoms with Crippen LogP contribution in [0.3, 0.4) is 0 Å². The molecule has 3 nitrogen and oxygen atoms in total. The molecule has 0 aliphatic carbocycles. The smallest absolute Gasteiger partial charge is 0.230 e. The predicted molar refractivity (Wildman–Crippen MR) is 36.0 cm³/mol. The average Bonchev–Trinajstić information content (AvgIpc) is 1.98. The first-order chi connectivity index (χ1) is 4.85. The van der Waals surface area contributed by atoms with Crippen molar-refractivity contribution >= 4 is 12.6 Å². The average molecular weight is 142 g/mol. The SMILES string of the molecule is CCCOC([C]=O)C[C]=O. The Balaban J connectivity index is 3.38. The van der Waals surface area contributed by atoms with Gasteiger partial charge in [0.2, 0.25) is 12.6 Å². The van der Waals surface area contributed by atoms with E-state index in [0.29, 0.717) is 6.61 Å². The Morgan fingerprint density at radius 2 is 2.20 bits per heavy atom. The minimum atomic E-state index is -0.711. The fourth-order valence-corrected chi connectivity index (χ4v) is 0.470. The van der Waals surface area contributed by atoms with E-state index in [1.54, 1.807) is 12.6 Å². The number of hydrogen-bond acceptors (Lipinski definition) is 3. The number of hydrogen-bond donors (Lipinski definition) is 0. The summed E-state index contributed by atoms with van der Waals surface area (Å²) in [5.74, 6) is 0. The molecule has 0 bridgehead atoms. The molecule has 0 N–H and O–H groups in total. The number of carbonyl (C=O) groups excluding carboxylic acids is 2. The fourth-order valence-electron chi connectivity index (χ4n) is 0.470. The molecule has 1 unspecified atom stereocenters. The largest absolute Gasteiger partial charge is 0.369 e. The molecule has 56 valence electrons. The van der Waals surface area contributed by atoms with Gasteiger partial charge in [-0.1, -0.05) is 6.92 Å². The first-order valence-corrected chi connectivity index (χ1v) is 3.19. The van der Waals surface area contributed by atoms with Gasteiger partial charge in [-0.3, -0.25) is 9.59 Å². The maximum absolute atomic E-state index is 9.97. The van der Waals surface area contributed by atoms with Crippen LogP contribution in [0.2, 0.25) is 0 Å². The van der Waals surface area contributed by atoms with Crippen molar-refractivity contribution < 1.29 is 14.3 Å². The van der Waals surface area contributed by atoms with Crippen LogP contribution < -0.4 is 0 Å². The van der Waals surface area contributed by atoms with Crippen molar-refractivity contribution in [3.8, 4) is 0 Å². The molecule has 2 radical (unpaired) electrons. The summed E-state index contributed by atoms with van der Waals surface area (Å²) in [6.07, 6.45) is 3.30. The maximum Gasteiger partial charge on any atom is 0.230 e. The van der Waals surface area contributed by atoms with Crippen molar-refractivity contribution in [2.45, 2.75) is 25.9 Å². The van der Waals surface area contributed by atoms with Crippen LogP contribution in [0.5, 0.6) is 0 Å². The zero-order valence-corrected chi connectivity index (χ0v) is 5.92. The van der Waals surface area contributed by atoms with Gasteiger partial charge >= 0.3 is 0 Å². The second-order valence-electron chi connectivity index (χ2n) is 1.83. The van der Waals surface area contributed by atoms with Crippen LogP contribution in [0.25, 0.3) is 0 Å². The Kier molecular flexibility index (Phi) is 5.97. The summed E-state index contributed by atoms with van der Waals surface area (Å²) in [4.78, 5) is 19.7. The highest BCUT2D eigenvalue weighted by Gasteiger charge is 2.06. The van der Waals surface area contributed by atoms with Crippen LogP contribution in [-0.4, -0.2) is 25.3 Å². The van der Waals surface area contributed by atoms with E-state index >= 15 is 0 Å². The molecule has 0 aromatic rings. The third-order valence-electron chi connectivity index (χ3n) is 0.923. The Bertz CT molecular complexity index is 101. The van der Waals surface area contributed by atoms with E-state index in [4.69, 9.17) is 4.74 Å². The van der Waals surface area contributed by atoms with E-state index in [9.17, 15) is 9.59 Å². The molecule has 0 saturated heterocycles. The summed E-state index contributed by atoms with van der Waals surface area (Å²) in [5.41, 5.74) is 0. The van der Waals surface area contributed by atoms with E-state index in [2.05, 4.69) is 0 Å². The lowest BCUT2D eigenvalue weighted by molar-refractivity contribution is 0.100. The third-order valence-corrected chi connectivity index (χ3v) is 0.923. The monoisotopic (exact) mass is 142 g/mol. The van der Waals surface area contributed by atoms with Gasteiger partial charge < -0.3 is 4.74 Å². The zero-order valence-electron chi connectivity index (χ0n) is 5.92. The molecule has 0 amide bonds. The Hall–Kier alpha value is -0.700. The molecular weight excluding hydrogens is 132 g/mol. The van der Waals surface area contributed by atoms with Crippen LogP contribution in [0, 0.1) is 0 Å². The molecule has 3 heteroatoms. The third kappa shape index (κ3) is 4.21. The summed E-state index contributed by atoms with van der Waals surface area (Å²) >= 11 is 0. The molecule has 10 heavy (non-hydrogen) atoms. The van der Waals surface area contributed by atoms with E-state index in [-0.39, 0.29) is 6.42 Å². The highest BCUT2D eigenvalue weighted by molar-refractivity contribution is 5.64. The van der Waals surface area contributed by atoms with E-state index in [1.165, 1.54) is 0 Å². The normalized spacial score (nSPS) is 12.5. The second kappa shape index (κ2) is 6.42. The van der Waals surface area contributed by atoms with Gasteiger partial charge in [0.1, 0.15) is 6.10 Å². The first-order valence-electron chi connectivity index (χ1n) is 3.19. The molecule has 0 aromatic heterocycles. The Morgan fingerprint density at radius 1 is 1.50 bits per heavy atom. The molecule has 0 rings (SSSR count). The fraction of sp³-hybridized carbons (Fsp3) is 0.714. The maximum atomic E-state index is 9.97. The van der Waals surface area contributed by atoms with Crippen molar-refractivity contribution in [1.29, 1.82) is 0 Å². The van der Waals surface area contributed by atoms with Gasteiger partial charge in [-0.2, -0.15) is 0 Å². The van der Waals surface area contributed by atoms with Crippen molar-refractivity contribution in [3.05, 3.63) is 0 Å². The van der Waals surface area contributed by atoms with Gasteiger partial charge in [0.25, 0.3) is 0 Å². The van der Waals surface area contributed by atoms with Crippen LogP contribution >= 0.6 is 0 Å². The Labute approximate surface area is 60.4 Å². The van der Waals surface area contributed by atoms with Gasteiger partial charge in [-0.25, -0.2) is 0 Å². The van der Waals surface area contributed by atoms with Crippen molar-refractivity contribution in [2.75, 3.05) is 6.61 Å². The minimum absolute atomic E-state index is 0.0104. The van der Waals surface area contributed by atoms with E-state index < -0.39 is 6.10 Å². The summed E-state index contributed by atoms with van der Waals surface area (Å²) in [7, 11) is 0. The lowest BCUT2D eigenvalue weighted by atomic mass is 10.3. The lowest BCUT2D eigenvalue weighted by Gasteiger charge is -2.04. The summed E-state index contributed by atoms with van der Waals surface area (Å²) in [6.45, 7) is 2.41. The Morgan fingerprint density at radius 3 is 2.60 bits per heavy atom. The van der Waals surface area contributed by atoms with Crippen LogP contribution in [0.15, 0.2) is 0 Å². The molecule has 0 heterocycles. The summed E-state index contributed by atoms with van der Waals surface area (Å²) < 4.78 is 4.89. The van der Waals surface area contributed by atoms with Gasteiger partial charge in [0.05, 0.1) is 0 Å². The summed E-state index contributed by atoms with van der Waals surface area (Å²) in [5, 5.41) is 0. The molecule has 0 saturated carbocycles. The molecule has 0 aromatic carbocycles. The van der Waals surface area contributed by atoms with Gasteiger partial charge in [-0.15, -0.1) is 0 Å². The molecule has 0 aliphatic rings. The van der Waals surface area contributed by atoms with Crippen LogP contribution in [-0.2, 0) is 14.3 Å².